The summed E-state index contributed by atoms with van der Waals surface area (Å²) in [6.07, 6.45) is 0. The molecule has 150 valence electrons. The van der Waals surface area contributed by atoms with E-state index in [0.717, 1.165) is 11.8 Å². The average molecular weight is 406 g/mol. The largest absolute Gasteiger partial charge is 0.493 e. The van der Waals surface area contributed by atoms with Crippen molar-refractivity contribution in [3.8, 4) is 11.5 Å². The quantitative estimate of drug-likeness (QED) is 0.588. The van der Waals surface area contributed by atoms with Crippen molar-refractivity contribution in [2.75, 3.05) is 13.7 Å². The molecule has 0 saturated carbocycles. The zero-order valence-electron chi connectivity index (χ0n) is 16.3. The van der Waals surface area contributed by atoms with Crippen molar-refractivity contribution in [2.24, 2.45) is 4.99 Å². The summed E-state index contributed by atoms with van der Waals surface area (Å²) in [5.41, 5.74) is 1.50. The smallest absolute Gasteiger partial charge is 0.338 e. The van der Waals surface area contributed by atoms with Gasteiger partial charge in [-0.15, -0.1) is 0 Å². The summed E-state index contributed by atoms with van der Waals surface area (Å²) < 4.78 is 15.6. The van der Waals surface area contributed by atoms with E-state index in [-0.39, 0.29) is 17.5 Å². The summed E-state index contributed by atoms with van der Waals surface area (Å²) in [5, 5.41) is 3.22. The maximum absolute atomic E-state index is 12.5. The zero-order chi connectivity index (χ0) is 20.8. The highest BCUT2D eigenvalue weighted by atomic mass is 32.2. The highest BCUT2D eigenvalue weighted by Gasteiger charge is 2.31. The Labute approximate surface area is 167 Å². The second-order valence-electron chi connectivity index (χ2n) is 5.82. The SMILES string of the molecule is CCOC(=O)C1=C(C)NC(SC(C)=O)=N[C@H]1c1ccc(OC(C)=O)c(OC)c1. The van der Waals surface area contributed by atoms with Crippen LogP contribution < -0.4 is 14.8 Å². The lowest BCUT2D eigenvalue weighted by Gasteiger charge is -2.25. The van der Waals surface area contributed by atoms with Crippen LogP contribution in [0.5, 0.6) is 11.5 Å². The van der Waals surface area contributed by atoms with Gasteiger partial charge in [0.2, 0.25) is 0 Å². The second-order valence-corrected chi connectivity index (χ2v) is 6.98. The van der Waals surface area contributed by atoms with Gasteiger partial charge >= 0.3 is 11.9 Å². The second kappa shape index (κ2) is 9.41. The molecule has 0 radical (unpaired) electrons. The van der Waals surface area contributed by atoms with Crippen LogP contribution in [0.4, 0.5) is 0 Å². The Kier molecular flexibility index (Phi) is 7.22. The topological polar surface area (TPSA) is 103 Å². The first-order valence-electron chi connectivity index (χ1n) is 8.54. The molecule has 2 rings (SSSR count). The highest BCUT2D eigenvalue weighted by Crippen LogP contribution is 2.37. The van der Waals surface area contributed by atoms with Gasteiger partial charge < -0.3 is 19.5 Å². The van der Waals surface area contributed by atoms with E-state index < -0.39 is 18.0 Å². The molecule has 1 atom stereocenters. The Morgan fingerprint density at radius 3 is 2.50 bits per heavy atom. The molecule has 1 heterocycles. The molecule has 1 N–H and O–H groups in total. The third-order valence-corrected chi connectivity index (χ3v) is 4.40. The van der Waals surface area contributed by atoms with E-state index in [1.807, 2.05) is 0 Å². The molecule has 0 aromatic heterocycles. The van der Waals surface area contributed by atoms with Gasteiger partial charge in [0, 0.05) is 19.5 Å². The molecule has 0 unspecified atom stereocenters. The van der Waals surface area contributed by atoms with Crippen molar-refractivity contribution in [1.29, 1.82) is 0 Å². The van der Waals surface area contributed by atoms with Crippen LogP contribution in [-0.4, -0.2) is 35.9 Å². The fraction of sp³-hybridized carbons (Fsp3) is 0.368. The van der Waals surface area contributed by atoms with Crippen molar-refractivity contribution in [3.63, 3.8) is 0 Å². The first-order chi connectivity index (χ1) is 13.3. The van der Waals surface area contributed by atoms with E-state index >= 15 is 0 Å². The van der Waals surface area contributed by atoms with Crippen LogP contribution in [-0.2, 0) is 19.1 Å². The van der Waals surface area contributed by atoms with Crippen LogP contribution in [0.15, 0.2) is 34.5 Å². The number of carbonyl (C=O) groups excluding carboxylic acids is 3. The van der Waals surface area contributed by atoms with E-state index in [2.05, 4.69) is 10.3 Å². The molecule has 0 fully saturated rings. The van der Waals surface area contributed by atoms with E-state index in [4.69, 9.17) is 14.2 Å². The van der Waals surface area contributed by atoms with Crippen LogP contribution in [0.2, 0.25) is 0 Å². The minimum absolute atomic E-state index is 0.139. The number of hydrogen-bond acceptors (Lipinski definition) is 9. The number of thioether (sulfide) groups is 1. The van der Waals surface area contributed by atoms with Crippen molar-refractivity contribution >= 4 is 34.0 Å². The number of aliphatic imine (C=N–C) groups is 1. The van der Waals surface area contributed by atoms with Crippen LogP contribution >= 0.6 is 11.8 Å². The van der Waals surface area contributed by atoms with E-state index in [9.17, 15) is 14.4 Å². The van der Waals surface area contributed by atoms with Crippen LogP contribution in [0.3, 0.4) is 0 Å². The Hall–Kier alpha value is -2.81. The fourth-order valence-electron chi connectivity index (χ4n) is 2.64. The first-order valence-corrected chi connectivity index (χ1v) is 9.35. The normalized spacial score (nSPS) is 16.0. The molecule has 0 saturated heterocycles. The molecule has 28 heavy (non-hydrogen) atoms. The van der Waals surface area contributed by atoms with Crippen LogP contribution in [0.25, 0.3) is 0 Å². The summed E-state index contributed by atoms with van der Waals surface area (Å²) in [5.74, 6) is -0.401. The predicted molar refractivity (Wildman–Crippen MR) is 105 cm³/mol. The molecule has 9 heteroatoms. The number of carbonyl (C=O) groups is 3. The Bertz CT molecular complexity index is 862. The number of esters is 2. The number of benzene rings is 1. The van der Waals surface area contributed by atoms with Crippen molar-refractivity contribution in [3.05, 3.63) is 35.0 Å². The Morgan fingerprint density at radius 2 is 1.93 bits per heavy atom. The van der Waals surface area contributed by atoms with Crippen LogP contribution in [0, 0.1) is 0 Å². The zero-order valence-corrected chi connectivity index (χ0v) is 17.1. The standard InChI is InChI=1S/C19H22N2O6S/c1-6-26-18(24)16-10(2)20-19(28-12(4)23)21-17(16)13-7-8-14(27-11(3)22)15(9-13)25-5/h7-9,17H,6H2,1-5H3,(H,20,21)/t17-/m0/s1. The van der Waals surface area contributed by atoms with Gasteiger partial charge in [0.05, 0.1) is 19.3 Å². The van der Waals surface area contributed by atoms with Gasteiger partial charge in [0.1, 0.15) is 6.04 Å². The van der Waals surface area contributed by atoms with Gasteiger partial charge in [-0.2, -0.15) is 0 Å². The minimum atomic E-state index is -0.706. The summed E-state index contributed by atoms with van der Waals surface area (Å²) in [6.45, 7) is 6.38. The van der Waals surface area contributed by atoms with E-state index in [1.54, 1.807) is 32.0 Å². The molecular weight excluding hydrogens is 384 g/mol. The molecule has 1 aliphatic rings. The lowest BCUT2D eigenvalue weighted by atomic mass is 9.96. The van der Waals surface area contributed by atoms with Gasteiger partial charge in [-0.05, 0) is 43.3 Å². The van der Waals surface area contributed by atoms with Crippen LogP contribution in [0.1, 0.15) is 39.3 Å². The Morgan fingerprint density at radius 1 is 1.21 bits per heavy atom. The van der Waals surface area contributed by atoms with Gasteiger partial charge in [-0.25, -0.2) is 9.79 Å². The maximum atomic E-state index is 12.5. The number of nitrogens with one attached hydrogen (secondary N) is 1. The van der Waals surface area contributed by atoms with Gasteiger partial charge in [0.15, 0.2) is 21.8 Å². The van der Waals surface area contributed by atoms with Crippen molar-refractivity contribution < 1.29 is 28.6 Å². The summed E-state index contributed by atoms with van der Waals surface area (Å²) in [7, 11) is 1.45. The number of nitrogens with zero attached hydrogens (tertiary/aromatic N) is 1. The lowest BCUT2D eigenvalue weighted by molar-refractivity contribution is -0.139. The number of allylic oxidation sites excluding steroid dienone is 1. The van der Waals surface area contributed by atoms with Gasteiger partial charge in [0.25, 0.3) is 0 Å². The fourth-order valence-corrected chi connectivity index (χ4v) is 3.28. The molecular formula is C19H22N2O6S. The average Bonchev–Trinajstić information content (AvgIpc) is 2.60. The monoisotopic (exact) mass is 406 g/mol. The summed E-state index contributed by atoms with van der Waals surface area (Å²) in [4.78, 5) is 39.8. The highest BCUT2D eigenvalue weighted by molar-refractivity contribution is 8.26. The molecule has 0 aliphatic carbocycles. The molecule has 1 aliphatic heterocycles. The first kappa shape index (κ1) is 21.5. The molecule has 8 nitrogen and oxygen atoms in total. The number of methoxy groups -OCH3 is 1. The minimum Gasteiger partial charge on any atom is -0.493 e. The summed E-state index contributed by atoms with van der Waals surface area (Å²) in [6, 6.07) is 4.19. The molecule has 1 aromatic rings. The molecule has 1 aromatic carbocycles. The molecule has 0 bridgehead atoms. The van der Waals surface area contributed by atoms with Crippen molar-refractivity contribution in [2.45, 2.75) is 33.7 Å². The third-order valence-electron chi connectivity index (χ3n) is 3.71. The van der Waals surface area contributed by atoms with E-state index in [1.165, 1.54) is 21.0 Å². The lowest BCUT2D eigenvalue weighted by Crippen LogP contribution is -2.31. The number of amidine groups is 1. The molecule has 0 spiro atoms. The molecule has 0 amide bonds. The maximum Gasteiger partial charge on any atom is 0.338 e. The van der Waals surface area contributed by atoms with Crippen molar-refractivity contribution in [1.82, 2.24) is 5.32 Å². The number of hydrogen-bond donors (Lipinski definition) is 1. The van der Waals surface area contributed by atoms with Gasteiger partial charge in [-0.3, -0.25) is 9.59 Å². The Balaban J connectivity index is 2.52. The van der Waals surface area contributed by atoms with E-state index in [0.29, 0.717) is 27.8 Å². The predicted octanol–water partition coefficient (Wildman–Crippen LogP) is 2.74. The third kappa shape index (κ3) is 5.13. The van der Waals surface area contributed by atoms with Gasteiger partial charge in [-0.1, -0.05) is 6.07 Å². The number of rotatable bonds is 5. The number of ether oxygens (including phenoxy) is 3. The summed E-state index contributed by atoms with van der Waals surface area (Å²) >= 11 is 0.939.